The lowest BCUT2D eigenvalue weighted by Gasteiger charge is -2.27. The molecule has 0 saturated heterocycles. The van der Waals surface area contributed by atoms with Gasteiger partial charge in [-0.3, -0.25) is 24.3 Å². The fourth-order valence-electron chi connectivity index (χ4n) is 5.80. The van der Waals surface area contributed by atoms with Crippen LogP contribution in [-0.2, 0) is 29.2 Å². The summed E-state index contributed by atoms with van der Waals surface area (Å²) in [6.45, 7) is 12.2. The minimum absolute atomic E-state index is 0.00154. The minimum Gasteiger partial charge on any atom is -0.314 e. The van der Waals surface area contributed by atoms with Crippen LogP contribution in [0.4, 0.5) is 11.4 Å². The van der Waals surface area contributed by atoms with Gasteiger partial charge in [-0.1, -0.05) is 30.3 Å². The van der Waals surface area contributed by atoms with Crippen LogP contribution >= 0.6 is 0 Å². The van der Waals surface area contributed by atoms with Crippen LogP contribution in [0.2, 0.25) is 0 Å². The highest BCUT2D eigenvalue weighted by atomic mass is 16.2. The van der Waals surface area contributed by atoms with Gasteiger partial charge in [-0.2, -0.15) is 0 Å². The molecule has 8 nitrogen and oxygen atoms in total. The molecule has 2 aromatic heterocycles. The van der Waals surface area contributed by atoms with Crippen LogP contribution in [0.25, 0.3) is 10.8 Å². The lowest BCUT2D eigenvalue weighted by Crippen LogP contribution is -2.47. The molecule has 0 saturated carbocycles. The molecule has 42 heavy (non-hydrogen) atoms. The number of aromatic nitrogens is 2. The van der Waals surface area contributed by atoms with E-state index in [1.165, 1.54) is 0 Å². The average Bonchev–Trinajstić information content (AvgIpc) is 3.02. The Morgan fingerprint density at radius 3 is 2.38 bits per heavy atom. The fraction of sp³-hybridized carbons (Fsp3) is 0.353. The largest absolute Gasteiger partial charge is 0.314 e. The monoisotopic (exact) mass is 565 g/mol. The van der Waals surface area contributed by atoms with Gasteiger partial charge in [-0.05, 0) is 81.5 Å². The molecule has 8 heteroatoms. The first-order chi connectivity index (χ1) is 20.0. The second kappa shape index (κ2) is 11.5. The summed E-state index contributed by atoms with van der Waals surface area (Å²) in [5.41, 5.74) is 4.39. The number of hydrogen-bond acceptors (Lipinski definition) is 5. The SMILES string of the molecule is CCN1C(=O)C(C)(C)C(=O)N(C)c2cc(CN(CCn3ccc4ccccc4c3=O)Cc3ccc(C)nc3C)ccc21. The van der Waals surface area contributed by atoms with Gasteiger partial charge in [0.1, 0.15) is 5.41 Å². The third-order valence-electron chi connectivity index (χ3n) is 8.31. The first kappa shape index (κ1) is 29.2. The number of rotatable bonds is 8. The topological polar surface area (TPSA) is 78.8 Å². The molecule has 1 aliphatic heterocycles. The van der Waals surface area contributed by atoms with E-state index in [1.54, 1.807) is 35.3 Å². The van der Waals surface area contributed by atoms with E-state index in [1.807, 2.05) is 81.6 Å². The normalized spacial score (nSPS) is 14.9. The summed E-state index contributed by atoms with van der Waals surface area (Å²) >= 11 is 0. The number of fused-ring (bicyclic) bond motifs is 2. The number of anilines is 2. The maximum atomic E-state index is 13.4. The standard InChI is InChI=1S/C34H39N5O3/c1-7-39-29-15-13-25(20-30(29)36(6)32(41)34(4,5)33(39)42)21-37(22-27-14-12-23(2)35-24(27)3)18-19-38-17-16-26-10-8-9-11-28(26)31(38)40/h8-17,20H,7,18-19,21-22H2,1-6H3. The van der Waals surface area contributed by atoms with Crippen molar-refractivity contribution in [2.24, 2.45) is 5.41 Å². The highest BCUT2D eigenvalue weighted by molar-refractivity contribution is 6.19. The third-order valence-corrected chi connectivity index (χ3v) is 8.31. The van der Waals surface area contributed by atoms with Crippen molar-refractivity contribution in [2.45, 2.75) is 54.3 Å². The number of aryl methyl sites for hydroxylation is 2. The van der Waals surface area contributed by atoms with Crippen LogP contribution in [0.3, 0.4) is 0 Å². The Morgan fingerprint density at radius 2 is 1.64 bits per heavy atom. The highest BCUT2D eigenvalue weighted by Crippen LogP contribution is 2.39. The second-order valence-electron chi connectivity index (χ2n) is 11.7. The van der Waals surface area contributed by atoms with E-state index >= 15 is 0 Å². The number of amides is 2. The molecule has 1 aliphatic rings. The number of pyridine rings is 2. The van der Waals surface area contributed by atoms with E-state index in [0.717, 1.165) is 39.3 Å². The van der Waals surface area contributed by atoms with E-state index in [-0.39, 0.29) is 17.4 Å². The number of carbonyl (C=O) groups excluding carboxylic acids is 2. The summed E-state index contributed by atoms with van der Waals surface area (Å²) in [7, 11) is 1.74. The van der Waals surface area contributed by atoms with Gasteiger partial charge >= 0.3 is 0 Å². The summed E-state index contributed by atoms with van der Waals surface area (Å²) in [5, 5.41) is 1.64. The molecule has 3 heterocycles. The highest BCUT2D eigenvalue weighted by Gasteiger charge is 2.45. The quantitative estimate of drug-likeness (QED) is 0.279. The smallest absolute Gasteiger partial charge is 0.258 e. The molecule has 218 valence electrons. The number of carbonyl (C=O) groups is 2. The average molecular weight is 566 g/mol. The van der Waals surface area contributed by atoms with Crippen molar-refractivity contribution in [3.63, 3.8) is 0 Å². The lowest BCUT2D eigenvalue weighted by molar-refractivity contribution is -0.137. The van der Waals surface area contributed by atoms with E-state index < -0.39 is 5.41 Å². The summed E-state index contributed by atoms with van der Waals surface area (Å²) in [4.78, 5) is 50.1. The van der Waals surface area contributed by atoms with Crippen molar-refractivity contribution < 1.29 is 9.59 Å². The van der Waals surface area contributed by atoms with Gasteiger partial charge in [0.15, 0.2) is 0 Å². The Morgan fingerprint density at radius 1 is 0.881 bits per heavy atom. The first-order valence-electron chi connectivity index (χ1n) is 14.5. The van der Waals surface area contributed by atoms with Crippen LogP contribution in [0, 0.1) is 19.3 Å². The van der Waals surface area contributed by atoms with E-state index in [2.05, 4.69) is 16.0 Å². The van der Waals surface area contributed by atoms with Crippen LogP contribution in [0.5, 0.6) is 0 Å². The van der Waals surface area contributed by atoms with Crippen molar-refractivity contribution in [3.05, 3.63) is 99.7 Å². The van der Waals surface area contributed by atoms with E-state index in [0.29, 0.717) is 38.1 Å². The van der Waals surface area contributed by atoms with Gasteiger partial charge in [0.2, 0.25) is 11.8 Å². The summed E-state index contributed by atoms with van der Waals surface area (Å²) in [5.74, 6) is -0.422. The lowest BCUT2D eigenvalue weighted by atomic mass is 9.90. The second-order valence-corrected chi connectivity index (χ2v) is 11.7. The zero-order chi connectivity index (χ0) is 30.2. The van der Waals surface area contributed by atoms with Crippen molar-refractivity contribution in [1.82, 2.24) is 14.5 Å². The first-order valence-corrected chi connectivity index (χ1v) is 14.5. The van der Waals surface area contributed by atoms with Gasteiger partial charge in [0, 0.05) is 62.7 Å². The van der Waals surface area contributed by atoms with E-state index in [4.69, 9.17) is 0 Å². The van der Waals surface area contributed by atoms with Crippen molar-refractivity contribution in [1.29, 1.82) is 0 Å². The Labute approximate surface area is 247 Å². The molecule has 0 atom stereocenters. The molecule has 2 aromatic carbocycles. The van der Waals surface area contributed by atoms with Crippen LogP contribution in [0.1, 0.15) is 43.3 Å². The van der Waals surface area contributed by atoms with Crippen LogP contribution < -0.4 is 15.4 Å². The van der Waals surface area contributed by atoms with Gasteiger partial charge in [-0.25, -0.2) is 0 Å². The number of nitrogens with zero attached hydrogens (tertiary/aromatic N) is 5. The van der Waals surface area contributed by atoms with Crippen LogP contribution in [-0.4, -0.2) is 46.4 Å². The third kappa shape index (κ3) is 5.46. The maximum absolute atomic E-state index is 13.4. The predicted molar refractivity (Wildman–Crippen MR) is 168 cm³/mol. The molecule has 4 aromatic rings. The molecule has 0 fully saturated rings. The van der Waals surface area contributed by atoms with E-state index in [9.17, 15) is 14.4 Å². The molecular formula is C34H39N5O3. The fourth-order valence-corrected chi connectivity index (χ4v) is 5.80. The maximum Gasteiger partial charge on any atom is 0.258 e. The van der Waals surface area contributed by atoms with Crippen LogP contribution in [0.15, 0.2) is 71.7 Å². The molecule has 2 amide bonds. The van der Waals surface area contributed by atoms with Gasteiger partial charge < -0.3 is 14.4 Å². The summed E-state index contributed by atoms with van der Waals surface area (Å²) < 4.78 is 1.77. The summed E-state index contributed by atoms with van der Waals surface area (Å²) in [6.07, 6.45) is 1.86. The Hall–Kier alpha value is -4.30. The zero-order valence-corrected chi connectivity index (χ0v) is 25.3. The molecule has 0 aliphatic carbocycles. The van der Waals surface area contributed by atoms with Gasteiger partial charge in [-0.15, -0.1) is 0 Å². The van der Waals surface area contributed by atoms with Crippen molar-refractivity contribution in [3.8, 4) is 0 Å². The molecule has 5 rings (SSSR count). The van der Waals surface area contributed by atoms with Crippen molar-refractivity contribution >= 4 is 34.0 Å². The minimum atomic E-state index is -1.15. The van der Waals surface area contributed by atoms with Gasteiger partial charge in [0.05, 0.1) is 11.4 Å². The zero-order valence-electron chi connectivity index (χ0n) is 25.3. The Kier molecular flexibility index (Phi) is 8.01. The molecule has 0 N–H and O–H groups in total. The molecule has 0 radical (unpaired) electrons. The number of benzene rings is 2. The summed E-state index contributed by atoms with van der Waals surface area (Å²) in [6, 6.07) is 19.8. The Balaban J connectivity index is 1.47. The Bertz CT molecular complexity index is 1720. The van der Waals surface area contributed by atoms with Gasteiger partial charge in [0.25, 0.3) is 5.56 Å². The molecule has 0 unspecified atom stereocenters. The molecule has 0 bridgehead atoms. The van der Waals surface area contributed by atoms with Crippen molar-refractivity contribution in [2.75, 3.05) is 29.9 Å². The molecule has 0 spiro atoms. The molecular weight excluding hydrogens is 526 g/mol. The predicted octanol–water partition coefficient (Wildman–Crippen LogP) is 5.07. The number of hydrogen-bond donors (Lipinski definition) is 0.